The molecule has 8 amide bonds. The maximum absolute atomic E-state index is 14.0. The van der Waals surface area contributed by atoms with Gasteiger partial charge in [0, 0.05) is 124 Å². The summed E-state index contributed by atoms with van der Waals surface area (Å²) in [6.45, 7) is 3.06. The predicted molar refractivity (Wildman–Crippen MR) is 332 cm³/mol. The molecule has 0 bridgehead atoms. The zero-order valence-electron chi connectivity index (χ0n) is 47.6. The average Bonchev–Trinajstić information content (AvgIpc) is 1.60. The third-order valence-electron chi connectivity index (χ3n) is 15.0. The van der Waals surface area contributed by atoms with Crippen molar-refractivity contribution in [3.63, 3.8) is 0 Å². The summed E-state index contributed by atoms with van der Waals surface area (Å²) in [5, 5.41) is 19.5. The van der Waals surface area contributed by atoms with Gasteiger partial charge in [-0.15, -0.1) is 23.2 Å². The van der Waals surface area contributed by atoms with Gasteiger partial charge in [-0.05, 0) is 69.4 Å². The summed E-state index contributed by atoms with van der Waals surface area (Å²) < 4.78 is 15.7. The molecule has 22 heteroatoms. The van der Waals surface area contributed by atoms with Crippen LogP contribution < -0.4 is 51.2 Å². The molecule has 2 aliphatic rings. The Balaban J connectivity index is 0.725. The van der Waals surface area contributed by atoms with Gasteiger partial charge in [-0.1, -0.05) is 72.8 Å². The molecular formula is C64H62Cl2N10O10. The lowest BCUT2D eigenvalue weighted by atomic mass is 9.95. The van der Waals surface area contributed by atoms with Crippen molar-refractivity contribution in [2.75, 3.05) is 69.0 Å². The van der Waals surface area contributed by atoms with E-state index < -0.39 is 36.1 Å². The summed E-state index contributed by atoms with van der Waals surface area (Å²) in [5.74, 6) is -2.42. The zero-order chi connectivity index (χ0) is 60.8. The molecule has 2 atom stereocenters. The fourth-order valence-electron chi connectivity index (χ4n) is 11.0. The van der Waals surface area contributed by atoms with Crippen LogP contribution >= 0.6 is 23.2 Å². The van der Waals surface area contributed by atoms with E-state index in [0.29, 0.717) is 46.5 Å². The quantitative estimate of drug-likeness (QED) is 0.0372. The van der Waals surface area contributed by atoms with Crippen LogP contribution in [-0.4, -0.2) is 94.3 Å². The van der Waals surface area contributed by atoms with E-state index in [0.717, 1.165) is 43.8 Å². The molecule has 6 N–H and O–H groups in total. The second-order valence-electron chi connectivity index (χ2n) is 21.2. The van der Waals surface area contributed by atoms with Crippen molar-refractivity contribution in [2.45, 2.75) is 51.7 Å². The number of aryl methyl sites for hydroxylation is 2. The highest BCUT2D eigenvalue weighted by molar-refractivity contribution is 6.20. The minimum atomic E-state index is -0.622. The SMILES string of the molecule is CC(=O)Nc1ccc2c3c(cc(OCc4ccccc4)c2c1)N(C(=O)CCC(=O)Nc1cc(C(=O)Nc2cc(C(=O)NCC(=O)NCC(=O)N4CC(CCl)c5c4cc(OCc4ccccc4)c4cc(NC(C)=O)ccc54)n(C)c2)n(C)c1)CC3CCl. The first kappa shape index (κ1) is 59.5. The molecule has 20 nitrogen and oxygen atoms in total. The van der Waals surface area contributed by atoms with E-state index in [-0.39, 0.29) is 97.5 Å². The van der Waals surface area contributed by atoms with E-state index in [2.05, 4.69) is 31.9 Å². The number of carbonyl (C=O) groups excluding carboxylic acids is 8. The number of benzene rings is 6. The van der Waals surface area contributed by atoms with Gasteiger partial charge in [0.05, 0.1) is 35.8 Å². The molecule has 2 aliphatic heterocycles. The summed E-state index contributed by atoms with van der Waals surface area (Å²) >= 11 is 13.1. The second kappa shape index (κ2) is 26.1. The fourth-order valence-corrected chi connectivity index (χ4v) is 11.5. The lowest BCUT2D eigenvalue weighted by Gasteiger charge is -2.20. The molecule has 2 unspecified atom stereocenters. The highest BCUT2D eigenvalue weighted by atomic mass is 35.5. The van der Waals surface area contributed by atoms with Crippen LogP contribution in [0, 0.1) is 0 Å². The molecule has 4 heterocycles. The predicted octanol–water partition coefficient (Wildman–Crippen LogP) is 9.30. The van der Waals surface area contributed by atoms with Gasteiger partial charge in [-0.3, -0.25) is 38.4 Å². The number of aromatic nitrogens is 2. The van der Waals surface area contributed by atoms with Gasteiger partial charge >= 0.3 is 0 Å². The van der Waals surface area contributed by atoms with Crippen molar-refractivity contribution < 1.29 is 47.8 Å². The van der Waals surface area contributed by atoms with Crippen LogP contribution in [0.15, 0.2) is 134 Å². The van der Waals surface area contributed by atoms with Crippen molar-refractivity contribution in [3.8, 4) is 11.5 Å². The van der Waals surface area contributed by atoms with Gasteiger partial charge in [-0.2, -0.15) is 0 Å². The van der Waals surface area contributed by atoms with Gasteiger partial charge in [-0.25, -0.2) is 0 Å². The van der Waals surface area contributed by atoms with Gasteiger partial charge in [0.25, 0.3) is 11.8 Å². The van der Waals surface area contributed by atoms with E-state index in [4.69, 9.17) is 32.7 Å². The first-order valence-electron chi connectivity index (χ1n) is 27.8. The number of carbonyl (C=O) groups is 8. The molecule has 8 aromatic rings. The van der Waals surface area contributed by atoms with Crippen LogP contribution in [0.2, 0.25) is 0 Å². The summed E-state index contributed by atoms with van der Waals surface area (Å²) in [6.07, 6.45) is 2.80. The molecule has 10 rings (SSSR count). The summed E-state index contributed by atoms with van der Waals surface area (Å²) in [6, 6.07) is 36.8. The molecule has 0 fully saturated rings. The number of nitrogens with zero attached hydrogens (tertiary/aromatic N) is 4. The smallest absolute Gasteiger partial charge is 0.272 e. The maximum Gasteiger partial charge on any atom is 0.272 e. The number of fused-ring (bicyclic) bond motifs is 6. The molecule has 0 radical (unpaired) electrons. The van der Waals surface area contributed by atoms with Crippen molar-refractivity contribution in [3.05, 3.63) is 167 Å². The molecule has 0 spiro atoms. The van der Waals surface area contributed by atoms with Gasteiger partial charge in [0.2, 0.25) is 35.4 Å². The zero-order valence-corrected chi connectivity index (χ0v) is 49.1. The van der Waals surface area contributed by atoms with Crippen molar-refractivity contribution >= 4 is 126 Å². The first-order chi connectivity index (χ1) is 41.4. The van der Waals surface area contributed by atoms with Crippen molar-refractivity contribution in [2.24, 2.45) is 14.1 Å². The normalized spacial score (nSPS) is 14.1. The Bertz CT molecular complexity index is 3980. The third-order valence-corrected chi connectivity index (χ3v) is 15.7. The molecule has 0 saturated carbocycles. The Kier molecular flexibility index (Phi) is 18.0. The Hall–Kier alpha value is -9.66. The number of anilines is 6. The summed E-state index contributed by atoms with van der Waals surface area (Å²) in [7, 11) is 3.23. The largest absolute Gasteiger partial charge is 0.488 e. The monoisotopic (exact) mass is 1200 g/mol. The van der Waals surface area contributed by atoms with Crippen LogP contribution in [-0.2, 0) is 56.1 Å². The minimum absolute atomic E-state index is 0.124. The van der Waals surface area contributed by atoms with E-state index in [9.17, 15) is 38.4 Å². The molecule has 6 aromatic carbocycles. The van der Waals surface area contributed by atoms with Crippen LogP contribution in [0.4, 0.5) is 34.1 Å². The second-order valence-corrected chi connectivity index (χ2v) is 21.8. The number of halogens is 2. The fraction of sp³-hybridized carbons (Fsp3) is 0.250. The highest BCUT2D eigenvalue weighted by Gasteiger charge is 2.37. The number of nitrogens with one attached hydrogen (secondary N) is 6. The molecule has 86 heavy (non-hydrogen) atoms. The molecule has 0 saturated heterocycles. The highest BCUT2D eigenvalue weighted by Crippen LogP contribution is 2.48. The number of ether oxygens (including phenoxy) is 2. The lowest BCUT2D eigenvalue weighted by molar-refractivity contribution is -0.124. The number of amides is 8. The van der Waals surface area contributed by atoms with E-state index in [1.54, 1.807) is 48.3 Å². The first-order valence-corrected chi connectivity index (χ1v) is 28.8. The third kappa shape index (κ3) is 13.3. The summed E-state index contributed by atoms with van der Waals surface area (Å²) in [4.78, 5) is 109. The van der Waals surface area contributed by atoms with Crippen LogP contribution in [0.25, 0.3) is 21.5 Å². The van der Waals surface area contributed by atoms with Crippen LogP contribution in [0.5, 0.6) is 11.5 Å². The maximum atomic E-state index is 14.0. The van der Waals surface area contributed by atoms with E-state index >= 15 is 0 Å². The van der Waals surface area contributed by atoms with Crippen LogP contribution in [0.3, 0.4) is 0 Å². The molecule has 2 aromatic heterocycles. The van der Waals surface area contributed by atoms with Gasteiger partial charge in [0.1, 0.15) is 36.1 Å². The van der Waals surface area contributed by atoms with E-state index in [1.807, 2.05) is 91.0 Å². The Morgan fingerprint density at radius 2 is 0.965 bits per heavy atom. The number of hydrogen-bond donors (Lipinski definition) is 6. The Labute approximate surface area is 505 Å². The van der Waals surface area contributed by atoms with Gasteiger partial charge < -0.3 is 60.3 Å². The number of alkyl halides is 2. The van der Waals surface area contributed by atoms with Crippen LogP contribution in [0.1, 0.15) is 81.8 Å². The molecule has 0 aliphatic carbocycles. The topological polar surface area (TPSA) is 244 Å². The average molecular weight is 1200 g/mol. The Morgan fingerprint density at radius 1 is 0.488 bits per heavy atom. The number of hydrogen-bond acceptors (Lipinski definition) is 10. The van der Waals surface area contributed by atoms with E-state index in [1.165, 1.54) is 41.3 Å². The Morgan fingerprint density at radius 3 is 1.45 bits per heavy atom. The van der Waals surface area contributed by atoms with Crippen molar-refractivity contribution in [1.29, 1.82) is 0 Å². The number of rotatable bonds is 21. The lowest BCUT2D eigenvalue weighted by Crippen LogP contribution is -2.43. The summed E-state index contributed by atoms with van der Waals surface area (Å²) in [5.41, 5.74) is 6.86. The molecule has 442 valence electrons. The molecular weight excluding hydrogens is 1140 g/mol. The minimum Gasteiger partial charge on any atom is -0.488 e. The van der Waals surface area contributed by atoms with Gasteiger partial charge in [0.15, 0.2) is 0 Å². The standard InChI is InChI=1S/C64H62Cl2N10O10/c1-37(77)69-43-15-17-47-49(21-43)55(85-35-39-11-7-5-8-12-39)25-51-61(47)41(27-65)31-75(51)59(81)20-19-57(79)71-45-23-54(74(4)33-45)64(84)72-46-24-53(73(3)34-46)63(83)68-29-58(80)67-30-60(82)76-32-42(28-66)62-48-18-16-44(70-38(2)78)22-50(48)56(26-52(62)76)86-36-40-13-9-6-10-14-40/h5-18,21-26,33-34,41-42H,19-20,27-32,35-36H2,1-4H3,(H,67,80)(H,68,83)(H,69,77)(H,70,78)(H,71,79)(H,72,84). The van der Waals surface area contributed by atoms with Crippen molar-refractivity contribution in [1.82, 2.24) is 19.8 Å².